The quantitative estimate of drug-likeness (QED) is 0.812. The minimum Gasteiger partial charge on any atom is -0.399 e. The van der Waals surface area contributed by atoms with E-state index in [9.17, 15) is 4.79 Å². The number of hydrogen-bond acceptors (Lipinski definition) is 2. The van der Waals surface area contributed by atoms with Crippen LogP contribution in [0.2, 0.25) is 5.02 Å². The van der Waals surface area contributed by atoms with Gasteiger partial charge < -0.3 is 11.1 Å². The lowest BCUT2D eigenvalue weighted by molar-refractivity contribution is 0.102. The van der Waals surface area contributed by atoms with Crippen molar-refractivity contribution in [1.29, 1.82) is 0 Å². The molecule has 4 heteroatoms. The molecule has 92 valence electrons. The van der Waals surface area contributed by atoms with Crippen molar-refractivity contribution in [1.82, 2.24) is 0 Å². The summed E-state index contributed by atoms with van der Waals surface area (Å²) in [6.07, 6.45) is 0. The van der Waals surface area contributed by atoms with Crippen LogP contribution in [0.1, 0.15) is 15.9 Å². The molecule has 0 heterocycles. The normalized spacial score (nSPS) is 10.1. The number of nitrogens with one attached hydrogen (secondary N) is 1. The van der Waals surface area contributed by atoms with E-state index in [0.717, 1.165) is 5.56 Å². The number of nitrogens with two attached hydrogens (primary N) is 1. The molecule has 0 aliphatic heterocycles. The monoisotopic (exact) mass is 260 g/mol. The summed E-state index contributed by atoms with van der Waals surface area (Å²) in [5.41, 5.74) is 8.38. The number of amides is 1. The van der Waals surface area contributed by atoms with Crippen molar-refractivity contribution in [3.05, 3.63) is 58.6 Å². The topological polar surface area (TPSA) is 55.1 Å². The van der Waals surface area contributed by atoms with Gasteiger partial charge in [0.25, 0.3) is 5.91 Å². The highest BCUT2D eigenvalue weighted by Crippen LogP contribution is 2.18. The van der Waals surface area contributed by atoms with Crippen LogP contribution in [0.4, 0.5) is 11.4 Å². The largest absolute Gasteiger partial charge is 0.399 e. The fraction of sp³-hybridized carbons (Fsp3) is 0.0714. The average Bonchev–Trinajstić information content (AvgIpc) is 2.28. The highest BCUT2D eigenvalue weighted by molar-refractivity contribution is 6.30. The molecule has 0 spiro atoms. The van der Waals surface area contributed by atoms with Crippen LogP contribution >= 0.6 is 11.6 Å². The van der Waals surface area contributed by atoms with E-state index >= 15 is 0 Å². The van der Waals surface area contributed by atoms with Gasteiger partial charge in [-0.25, -0.2) is 0 Å². The third-order valence-corrected chi connectivity index (χ3v) is 2.81. The van der Waals surface area contributed by atoms with E-state index in [2.05, 4.69) is 5.32 Å². The minimum atomic E-state index is -0.172. The molecule has 0 aliphatic rings. The van der Waals surface area contributed by atoms with Crippen molar-refractivity contribution in [3.63, 3.8) is 0 Å². The van der Waals surface area contributed by atoms with Crippen molar-refractivity contribution in [2.24, 2.45) is 0 Å². The number of carbonyl (C=O) groups is 1. The fourth-order valence-corrected chi connectivity index (χ4v) is 1.92. The highest BCUT2D eigenvalue weighted by Gasteiger charge is 2.09. The van der Waals surface area contributed by atoms with Crippen LogP contribution in [0, 0.1) is 6.92 Å². The maximum atomic E-state index is 12.1. The lowest BCUT2D eigenvalue weighted by Gasteiger charge is -2.08. The maximum absolute atomic E-state index is 12.1. The number of hydrogen-bond donors (Lipinski definition) is 2. The third-order valence-electron chi connectivity index (χ3n) is 2.58. The van der Waals surface area contributed by atoms with Gasteiger partial charge in [0, 0.05) is 22.0 Å². The molecule has 0 saturated heterocycles. The molecule has 0 bridgehead atoms. The molecule has 0 unspecified atom stereocenters. The Morgan fingerprint density at radius 3 is 2.67 bits per heavy atom. The van der Waals surface area contributed by atoms with Crippen LogP contribution in [-0.4, -0.2) is 5.91 Å². The molecule has 2 aromatic carbocycles. The Balaban J connectivity index is 2.22. The Bertz CT molecular complexity index is 596. The van der Waals surface area contributed by atoms with E-state index in [-0.39, 0.29) is 5.91 Å². The van der Waals surface area contributed by atoms with Crippen LogP contribution in [0.25, 0.3) is 0 Å². The zero-order valence-electron chi connectivity index (χ0n) is 9.91. The fourth-order valence-electron chi connectivity index (χ4n) is 1.70. The Labute approximate surface area is 111 Å². The molecular formula is C14H13ClN2O. The van der Waals surface area contributed by atoms with E-state index in [1.807, 2.05) is 6.92 Å². The summed E-state index contributed by atoms with van der Waals surface area (Å²) in [7, 11) is 0. The molecule has 0 saturated carbocycles. The van der Waals surface area contributed by atoms with Crippen molar-refractivity contribution in [3.8, 4) is 0 Å². The lowest BCUT2D eigenvalue weighted by atomic mass is 10.1. The maximum Gasteiger partial charge on any atom is 0.255 e. The second-order valence-corrected chi connectivity index (χ2v) is 4.48. The van der Waals surface area contributed by atoms with Crippen molar-refractivity contribution in [2.75, 3.05) is 11.1 Å². The molecule has 18 heavy (non-hydrogen) atoms. The smallest absolute Gasteiger partial charge is 0.255 e. The SMILES string of the molecule is Cc1cc(Cl)ccc1C(=O)Nc1cccc(N)c1. The van der Waals surface area contributed by atoms with E-state index in [0.29, 0.717) is 22.0 Å². The Hall–Kier alpha value is -2.00. The first-order valence-corrected chi connectivity index (χ1v) is 5.87. The van der Waals surface area contributed by atoms with Crippen molar-refractivity contribution in [2.45, 2.75) is 6.92 Å². The van der Waals surface area contributed by atoms with Gasteiger partial charge in [0.1, 0.15) is 0 Å². The third kappa shape index (κ3) is 2.81. The minimum absolute atomic E-state index is 0.172. The summed E-state index contributed by atoms with van der Waals surface area (Å²) in [6.45, 7) is 1.85. The highest BCUT2D eigenvalue weighted by atomic mass is 35.5. The molecule has 3 N–H and O–H groups in total. The van der Waals surface area contributed by atoms with Gasteiger partial charge in [-0.2, -0.15) is 0 Å². The summed E-state index contributed by atoms with van der Waals surface area (Å²) in [4.78, 5) is 12.1. The van der Waals surface area contributed by atoms with Gasteiger partial charge in [-0.3, -0.25) is 4.79 Å². The number of halogens is 1. The van der Waals surface area contributed by atoms with Crippen LogP contribution in [0.15, 0.2) is 42.5 Å². The summed E-state index contributed by atoms with van der Waals surface area (Å²) in [6, 6.07) is 12.2. The second-order valence-electron chi connectivity index (χ2n) is 4.04. The van der Waals surface area contributed by atoms with E-state index < -0.39 is 0 Å². The predicted octanol–water partition coefficient (Wildman–Crippen LogP) is 3.48. The first-order chi connectivity index (χ1) is 8.56. The predicted molar refractivity (Wildman–Crippen MR) is 75.0 cm³/mol. The van der Waals surface area contributed by atoms with Gasteiger partial charge >= 0.3 is 0 Å². The molecule has 0 fully saturated rings. The van der Waals surface area contributed by atoms with E-state index in [1.54, 1.807) is 42.5 Å². The molecule has 0 aliphatic carbocycles. The molecule has 0 atom stereocenters. The van der Waals surface area contributed by atoms with Gasteiger partial charge in [-0.15, -0.1) is 0 Å². The van der Waals surface area contributed by atoms with Crippen LogP contribution in [0.3, 0.4) is 0 Å². The molecule has 1 amide bonds. The first kappa shape index (κ1) is 12.5. The molecular weight excluding hydrogens is 248 g/mol. The number of carbonyl (C=O) groups excluding carboxylic acids is 1. The second kappa shape index (κ2) is 5.10. The standard InChI is InChI=1S/C14H13ClN2O/c1-9-7-10(15)5-6-13(9)14(18)17-12-4-2-3-11(16)8-12/h2-8H,16H2,1H3,(H,17,18). The number of nitrogen functional groups attached to an aromatic ring is 1. The van der Waals surface area contributed by atoms with Gasteiger partial charge in [0.2, 0.25) is 0 Å². The lowest BCUT2D eigenvalue weighted by Crippen LogP contribution is -2.13. The number of aryl methyl sites for hydroxylation is 1. The summed E-state index contributed by atoms with van der Waals surface area (Å²) in [5, 5.41) is 3.42. The van der Waals surface area contributed by atoms with Crippen LogP contribution < -0.4 is 11.1 Å². The average molecular weight is 261 g/mol. The summed E-state index contributed by atoms with van der Waals surface area (Å²) < 4.78 is 0. The first-order valence-electron chi connectivity index (χ1n) is 5.49. The van der Waals surface area contributed by atoms with E-state index in [1.165, 1.54) is 0 Å². The zero-order chi connectivity index (χ0) is 13.1. The van der Waals surface area contributed by atoms with Gasteiger partial charge in [0.05, 0.1) is 0 Å². The van der Waals surface area contributed by atoms with Crippen molar-refractivity contribution < 1.29 is 4.79 Å². The molecule has 3 nitrogen and oxygen atoms in total. The zero-order valence-corrected chi connectivity index (χ0v) is 10.7. The summed E-state index contributed by atoms with van der Waals surface area (Å²) in [5.74, 6) is -0.172. The number of benzene rings is 2. The molecule has 2 rings (SSSR count). The molecule has 0 radical (unpaired) electrons. The summed E-state index contributed by atoms with van der Waals surface area (Å²) >= 11 is 5.85. The van der Waals surface area contributed by atoms with Gasteiger partial charge in [0.15, 0.2) is 0 Å². The number of anilines is 2. The Morgan fingerprint density at radius 1 is 1.22 bits per heavy atom. The Morgan fingerprint density at radius 2 is 2.00 bits per heavy atom. The van der Waals surface area contributed by atoms with Crippen LogP contribution in [-0.2, 0) is 0 Å². The Kier molecular flexibility index (Phi) is 3.53. The van der Waals surface area contributed by atoms with Crippen molar-refractivity contribution >= 4 is 28.9 Å². The van der Waals surface area contributed by atoms with Crippen LogP contribution in [0.5, 0.6) is 0 Å². The van der Waals surface area contributed by atoms with Gasteiger partial charge in [-0.1, -0.05) is 17.7 Å². The molecule has 0 aromatic heterocycles. The molecule has 2 aromatic rings. The van der Waals surface area contributed by atoms with Gasteiger partial charge in [-0.05, 0) is 48.9 Å². The van der Waals surface area contributed by atoms with E-state index in [4.69, 9.17) is 17.3 Å². The number of rotatable bonds is 2.